The average molecular weight is 651 g/mol. The zero-order valence-electron chi connectivity index (χ0n) is 22.2. The minimum absolute atomic E-state index is 0.0701. The molecule has 220 valence electrons. The lowest BCUT2D eigenvalue weighted by atomic mass is 10.3. The van der Waals surface area contributed by atoms with Crippen LogP contribution in [0.15, 0.2) is 101 Å². The van der Waals surface area contributed by atoms with Crippen molar-refractivity contribution in [2.75, 3.05) is 35.1 Å². The molecule has 0 aliphatic rings. The van der Waals surface area contributed by atoms with E-state index in [0.717, 1.165) is 4.31 Å². The Morgan fingerprint density at radius 1 is 0.786 bits per heavy atom. The fourth-order valence-corrected chi connectivity index (χ4v) is 6.70. The van der Waals surface area contributed by atoms with Gasteiger partial charge in [-0.1, -0.05) is 35.3 Å². The van der Waals surface area contributed by atoms with E-state index in [4.69, 9.17) is 32.7 Å². The van der Waals surface area contributed by atoms with E-state index in [1.165, 1.54) is 87.0 Å². The first-order valence-corrected chi connectivity index (χ1v) is 15.8. The summed E-state index contributed by atoms with van der Waals surface area (Å²) in [7, 11) is -5.44. The predicted octanol–water partition coefficient (Wildman–Crippen LogP) is 5.65. The van der Waals surface area contributed by atoms with Gasteiger partial charge in [0.1, 0.15) is 6.54 Å². The number of carbonyl (C=O) groups is 1. The number of nitrogens with zero attached hydrogens (tertiary/aromatic N) is 1. The number of hydrogen-bond donors (Lipinski definition) is 2. The lowest BCUT2D eigenvalue weighted by Crippen LogP contribution is -2.38. The standard InChI is InChI=1S/C28H25Cl2N3O7S2/c1-39-26-16-15-23(17-27(26)40-2)42(37,38)33(21-11-7-19(29)8-12-21)18-28(34)31-20-9-13-22(14-10-20)41(35,36)32-25-6-4-3-5-24(25)30/h3-17,32H,18H2,1-2H3,(H,31,34). The Hall–Kier alpha value is -3.97. The van der Waals surface area contributed by atoms with Gasteiger partial charge in [0.25, 0.3) is 20.0 Å². The molecule has 2 N–H and O–H groups in total. The maximum Gasteiger partial charge on any atom is 0.264 e. The molecule has 0 saturated carbocycles. The Kier molecular flexibility index (Phi) is 9.52. The van der Waals surface area contributed by atoms with Crippen molar-refractivity contribution < 1.29 is 31.1 Å². The minimum Gasteiger partial charge on any atom is -0.493 e. The molecule has 4 aromatic rings. The quantitative estimate of drug-likeness (QED) is 0.215. The Morgan fingerprint density at radius 2 is 1.40 bits per heavy atom. The maximum absolute atomic E-state index is 13.7. The Morgan fingerprint density at radius 3 is 2.02 bits per heavy atom. The van der Waals surface area contributed by atoms with Gasteiger partial charge in [-0.25, -0.2) is 16.8 Å². The summed E-state index contributed by atoms with van der Waals surface area (Å²) >= 11 is 12.1. The fourth-order valence-electron chi connectivity index (χ4n) is 3.82. The van der Waals surface area contributed by atoms with E-state index < -0.39 is 32.5 Å². The summed E-state index contributed by atoms with van der Waals surface area (Å²) in [6, 6.07) is 21.8. The molecule has 0 aromatic heterocycles. The molecule has 0 heterocycles. The second kappa shape index (κ2) is 12.9. The molecule has 0 aliphatic carbocycles. The van der Waals surface area contributed by atoms with E-state index in [1.807, 2.05) is 0 Å². The number of anilines is 3. The van der Waals surface area contributed by atoms with Crippen molar-refractivity contribution in [1.29, 1.82) is 0 Å². The number of para-hydroxylation sites is 1. The van der Waals surface area contributed by atoms with Crippen LogP contribution in [-0.4, -0.2) is 43.5 Å². The molecule has 10 nitrogen and oxygen atoms in total. The van der Waals surface area contributed by atoms with E-state index in [9.17, 15) is 21.6 Å². The first kappa shape index (κ1) is 31.0. The van der Waals surface area contributed by atoms with Gasteiger partial charge in [-0.05, 0) is 72.8 Å². The van der Waals surface area contributed by atoms with Gasteiger partial charge in [-0.2, -0.15) is 0 Å². The SMILES string of the molecule is COc1ccc(S(=O)(=O)N(CC(=O)Nc2ccc(S(=O)(=O)Nc3ccccc3Cl)cc2)c2ccc(Cl)cc2)cc1OC. The van der Waals surface area contributed by atoms with Crippen LogP contribution in [0.1, 0.15) is 0 Å². The monoisotopic (exact) mass is 649 g/mol. The lowest BCUT2D eigenvalue weighted by Gasteiger charge is -2.24. The van der Waals surface area contributed by atoms with E-state index in [-0.39, 0.29) is 37.6 Å². The van der Waals surface area contributed by atoms with Crippen LogP contribution in [-0.2, 0) is 24.8 Å². The molecule has 4 aromatic carbocycles. The Bertz CT molecular complexity index is 1800. The number of methoxy groups -OCH3 is 2. The average Bonchev–Trinajstić information content (AvgIpc) is 2.97. The molecule has 0 spiro atoms. The Labute approximate surface area is 253 Å². The van der Waals surface area contributed by atoms with E-state index in [0.29, 0.717) is 10.8 Å². The second-order valence-corrected chi connectivity index (χ2v) is 13.1. The van der Waals surface area contributed by atoms with Gasteiger partial charge < -0.3 is 14.8 Å². The largest absolute Gasteiger partial charge is 0.493 e. The molecule has 0 saturated heterocycles. The van der Waals surface area contributed by atoms with Crippen LogP contribution in [0.2, 0.25) is 10.0 Å². The highest BCUT2D eigenvalue weighted by molar-refractivity contribution is 7.93. The van der Waals surface area contributed by atoms with Crippen molar-refractivity contribution in [2.24, 2.45) is 0 Å². The van der Waals surface area contributed by atoms with Crippen molar-refractivity contribution in [3.05, 3.63) is 101 Å². The molecule has 0 aliphatic heterocycles. The highest BCUT2D eigenvalue weighted by Gasteiger charge is 2.28. The molecule has 0 unspecified atom stereocenters. The maximum atomic E-state index is 13.7. The first-order valence-electron chi connectivity index (χ1n) is 12.1. The normalized spacial score (nSPS) is 11.4. The number of benzene rings is 4. The van der Waals surface area contributed by atoms with Gasteiger partial charge in [-0.15, -0.1) is 0 Å². The number of nitrogens with one attached hydrogen (secondary N) is 2. The van der Waals surface area contributed by atoms with Crippen LogP contribution in [0.5, 0.6) is 11.5 Å². The van der Waals surface area contributed by atoms with Crippen molar-refractivity contribution in [2.45, 2.75) is 9.79 Å². The molecule has 14 heteroatoms. The van der Waals surface area contributed by atoms with Crippen LogP contribution in [0.4, 0.5) is 17.1 Å². The molecule has 0 radical (unpaired) electrons. The van der Waals surface area contributed by atoms with Crippen LogP contribution >= 0.6 is 23.2 Å². The topological polar surface area (TPSA) is 131 Å². The second-order valence-electron chi connectivity index (χ2n) is 8.66. The van der Waals surface area contributed by atoms with E-state index in [2.05, 4.69) is 10.0 Å². The van der Waals surface area contributed by atoms with Gasteiger partial charge in [0.2, 0.25) is 5.91 Å². The summed E-state index contributed by atoms with van der Waals surface area (Å²) in [5, 5.41) is 3.22. The fraction of sp³-hybridized carbons (Fsp3) is 0.107. The first-order chi connectivity index (χ1) is 19.9. The number of sulfonamides is 2. The summed E-state index contributed by atoms with van der Waals surface area (Å²) in [4.78, 5) is 12.9. The van der Waals surface area contributed by atoms with E-state index >= 15 is 0 Å². The molecule has 0 bridgehead atoms. The highest BCUT2D eigenvalue weighted by atomic mass is 35.5. The van der Waals surface area contributed by atoms with E-state index in [1.54, 1.807) is 18.2 Å². The summed E-state index contributed by atoms with van der Waals surface area (Å²) < 4.78 is 66.8. The lowest BCUT2D eigenvalue weighted by molar-refractivity contribution is -0.114. The summed E-state index contributed by atoms with van der Waals surface area (Å²) in [5.41, 5.74) is 0.655. The molecule has 1 amide bonds. The van der Waals surface area contributed by atoms with Crippen LogP contribution in [0.25, 0.3) is 0 Å². The number of hydrogen-bond acceptors (Lipinski definition) is 7. The molecule has 4 rings (SSSR count). The summed E-state index contributed by atoms with van der Waals surface area (Å²) in [5.74, 6) is -0.156. The third-order valence-electron chi connectivity index (χ3n) is 5.91. The highest BCUT2D eigenvalue weighted by Crippen LogP contribution is 2.32. The zero-order valence-corrected chi connectivity index (χ0v) is 25.4. The van der Waals surface area contributed by atoms with Gasteiger partial charge in [0, 0.05) is 16.8 Å². The van der Waals surface area contributed by atoms with Crippen molar-refractivity contribution >= 4 is 66.2 Å². The summed E-state index contributed by atoms with van der Waals surface area (Å²) in [6.07, 6.45) is 0. The minimum atomic E-state index is -4.28. The Balaban J connectivity index is 1.56. The number of rotatable bonds is 11. The summed E-state index contributed by atoms with van der Waals surface area (Å²) in [6.45, 7) is -0.605. The predicted molar refractivity (Wildman–Crippen MR) is 163 cm³/mol. The number of carbonyl (C=O) groups excluding carboxylic acids is 1. The molecular formula is C28H25Cl2N3O7S2. The number of halogens is 2. The van der Waals surface area contributed by atoms with Gasteiger partial charge in [0.05, 0.1) is 40.4 Å². The number of amides is 1. The third-order valence-corrected chi connectivity index (χ3v) is 9.64. The van der Waals surface area contributed by atoms with Gasteiger partial charge >= 0.3 is 0 Å². The van der Waals surface area contributed by atoms with Crippen LogP contribution < -0.4 is 23.8 Å². The molecule has 0 atom stereocenters. The van der Waals surface area contributed by atoms with Gasteiger partial charge in [-0.3, -0.25) is 13.8 Å². The van der Waals surface area contributed by atoms with Crippen molar-refractivity contribution in [3.8, 4) is 11.5 Å². The third kappa shape index (κ3) is 7.08. The zero-order chi connectivity index (χ0) is 30.5. The molecule has 0 fully saturated rings. The molecular weight excluding hydrogens is 625 g/mol. The smallest absolute Gasteiger partial charge is 0.264 e. The molecule has 42 heavy (non-hydrogen) atoms. The van der Waals surface area contributed by atoms with Crippen LogP contribution in [0, 0.1) is 0 Å². The van der Waals surface area contributed by atoms with Gasteiger partial charge in [0.15, 0.2) is 11.5 Å². The number of ether oxygens (including phenoxy) is 2. The van der Waals surface area contributed by atoms with Crippen molar-refractivity contribution in [3.63, 3.8) is 0 Å². The van der Waals surface area contributed by atoms with Crippen molar-refractivity contribution in [1.82, 2.24) is 0 Å². The van der Waals surface area contributed by atoms with Crippen LogP contribution in [0.3, 0.4) is 0 Å².